The molecule has 2 N–H and O–H groups in total. The molecular weight excluding hydrogens is 283 g/mol. The number of amides is 2. The maximum Gasteiger partial charge on any atom is 0.313 e. The minimum absolute atomic E-state index is 0.00747. The van der Waals surface area contributed by atoms with Gasteiger partial charge in [-0.25, -0.2) is 4.39 Å². The topological polar surface area (TPSA) is 58.2 Å². The van der Waals surface area contributed by atoms with Crippen LogP contribution in [0.25, 0.3) is 0 Å². The van der Waals surface area contributed by atoms with E-state index >= 15 is 0 Å². The van der Waals surface area contributed by atoms with Gasteiger partial charge in [0.25, 0.3) is 0 Å². The van der Waals surface area contributed by atoms with E-state index in [1.165, 1.54) is 23.8 Å². The van der Waals surface area contributed by atoms with E-state index in [1.807, 2.05) is 30.3 Å². The summed E-state index contributed by atoms with van der Waals surface area (Å²) in [6, 6.07) is 15.6. The van der Waals surface area contributed by atoms with Crippen molar-refractivity contribution in [2.24, 2.45) is 0 Å². The highest BCUT2D eigenvalue weighted by atomic mass is 19.1. The molecule has 4 nitrogen and oxygen atoms in total. The van der Waals surface area contributed by atoms with Crippen LogP contribution >= 0.6 is 0 Å². The van der Waals surface area contributed by atoms with Crippen molar-refractivity contribution in [2.45, 2.75) is 12.8 Å². The molecule has 0 spiro atoms. The fourth-order valence-electron chi connectivity index (χ4n) is 1.96. The van der Waals surface area contributed by atoms with E-state index in [2.05, 4.69) is 10.6 Å². The summed E-state index contributed by atoms with van der Waals surface area (Å²) >= 11 is 0. The second-order valence-electron chi connectivity index (χ2n) is 4.78. The number of carbonyl (C=O) groups is 2. The summed E-state index contributed by atoms with van der Waals surface area (Å²) in [7, 11) is 0. The molecule has 2 amide bonds. The van der Waals surface area contributed by atoms with Crippen LogP contribution in [-0.2, 0) is 16.0 Å². The first-order valence-corrected chi connectivity index (χ1v) is 7.04. The van der Waals surface area contributed by atoms with Crippen LogP contribution < -0.4 is 10.6 Å². The maximum atomic E-state index is 13.4. The molecule has 2 rings (SSSR count). The average molecular weight is 300 g/mol. The number of hydrogen-bond acceptors (Lipinski definition) is 2. The van der Waals surface area contributed by atoms with Gasteiger partial charge in [0, 0.05) is 6.54 Å². The molecule has 0 bridgehead atoms. The van der Waals surface area contributed by atoms with Crippen LogP contribution in [0.3, 0.4) is 0 Å². The van der Waals surface area contributed by atoms with Crippen LogP contribution in [0.4, 0.5) is 10.1 Å². The average Bonchev–Trinajstić information content (AvgIpc) is 2.54. The number of carbonyl (C=O) groups excluding carboxylic acids is 2. The summed E-state index contributed by atoms with van der Waals surface area (Å²) in [6.45, 7) is 0.387. The molecule has 0 atom stereocenters. The zero-order valence-electron chi connectivity index (χ0n) is 12.0. The van der Waals surface area contributed by atoms with Crippen LogP contribution in [0, 0.1) is 5.82 Å². The Morgan fingerprint density at radius 2 is 1.59 bits per heavy atom. The molecule has 0 saturated carbocycles. The number of aryl methyl sites for hydroxylation is 1. The fraction of sp³-hybridized carbons (Fsp3) is 0.176. The van der Waals surface area contributed by atoms with Crippen LogP contribution in [0.1, 0.15) is 12.0 Å². The zero-order chi connectivity index (χ0) is 15.8. The molecule has 0 saturated heterocycles. The van der Waals surface area contributed by atoms with Gasteiger partial charge in [-0.15, -0.1) is 0 Å². The molecule has 0 unspecified atom stereocenters. The number of nitrogens with one attached hydrogen (secondary N) is 2. The second-order valence-corrected chi connectivity index (χ2v) is 4.78. The van der Waals surface area contributed by atoms with Gasteiger partial charge in [-0.05, 0) is 30.5 Å². The second kappa shape index (κ2) is 7.93. The SMILES string of the molecule is O=C(NCCCc1ccccc1)C(=O)Nc1ccccc1F. The van der Waals surface area contributed by atoms with Gasteiger partial charge in [0.05, 0.1) is 5.69 Å². The van der Waals surface area contributed by atoms with E-state index in [1.54, 1.807) is 6.07 Å². The van der Waals surface area contributed by atoms with E-state index < -0.39 is 17.6 Å². The summed E-state index contributed by atoms with van der Waals surface area (Å²) < 4.78 is 13.4. The third kappa shape index (κ3) is 4.70. The largest absolute Gasteiger partial charge is 0.348 e. The predicted molar refractivity (Wildman–Crippen MR) is 82.8 cm³/mol. The van der Waals surface area contributed by atoms with Gasteiger partial charge in [0.2, 0.25) is 0 Å². The molecule has 0 fully saturated rings. The molecule has 2 aromatic rings. The first-order valence-electron chi connectivity index (χ1n) is 7.04. The van der Waals surface area contributed by atoms with Gasteiger partial charge in [0.1, 0.15) is 5.82 Å². The molecule has 0 radical (unpaired) electrons. The highest BCUT2D eigenvalue weighted by Crippen LogP contribution is 2.11. The third-order valence-corrected chi connectivity index (χ3v) is 3.10. The molecule has 0 aliphatic rings. The minimum Gasteiger partial charge on any atom is -0.348 e. The summed E-state index contributed by atoms with van der Waals surface area (Å²) in [5.41, 5.74) is 1.17. The zero-order valence-corrected chi connectivity index (χ0v) is 12.0. The Morgan fingerprint density at radius 1 is 0.909 bits per heavy atom. The first-order chi connectivity index (χ1) is 10.7. The summed E-state index contributed by atoms with van der Waals surface area (Å²) in [4.78, 5) is 23.3. The van der Waals surface area contributed by atoms with Gasteiger partial charge in [0.15, 0.2) is 0 Å². The van der Waals surface area contributed by atoms with E-state index in [4.69, 9.17) is 0 Å². The lowest BCUT2D eigenvalue weighted by atomic mass is 10.1. The number of hydrogen-bond donors (Lipinski definition) is 2. The molecule has 0 aromatic heterocycles. The highest BCUT2D eigenvalue weighted by molar-refractivity contribution is 6.39. The fourth-order valence-corrected chi connectivity index (χ4v) is 1.96. The Hall–Kier alpha value is -2.69. The van der Waals surface area contributed by atoms with Crippen molar-refractivity contribution in [3.05, 3.63) is 66.0 Å². The monoisotopic (exact) mass is 300 g/mol. The van der Waals surface area contributed by atoms with E-state index in [0.29, 0.717) is 6.54 Å². The summed E-state index contributed by atoms with van der Waals surface area (Å²) in [5.74, 6) is -2.21. The smallest absolute Gasteiger partial charge is 0.313 e. The predicted octanol–water partition coefficient (Wildman–Crippen LogP) is 2.51. The maximum absolute atomic E-state index is 13.4. The van der Waals surface area contributed by atoms with Crippen molar-refractivity contribution >= 4 is 17.5 Å². The van der Waals surface area contributed by atoms with Crippen molar-refractivity contribution in [2.75, 3.05) is 11.9 Å². The first kappa shape index (κ1) is 15.7. The molecular formula is C17H17FN2O2. The molecule has 0 heterocycles. The molecule has 22 heavy (non-hydrogen) atoms. The van der Waals surface area contributed by atoms with Gasteiger partial charge >= 0.3 is 11.8 Å². The van der Waals surface area contributed by atoms with Gasteiger partial charge in [-0.3, -0.25) is 9.59 Å². The number of para-hydroxylation sites is 1. The highest BCUT2D eigenvalue weighted by Gasteiger charge is 2.14. The number of rotatable bonds is 5. The Kier molecular flexibility index (Phi) is 5.65. The molecule has 2 aromatic carbocycles. The van der Waals surface area contributed by atoms with Gasteiger partial charge < -0.3 is 10.6 Å². The van der Waals surface area contributed by atoms with Crippen molar-refractivity contribution in [1.29, 1.82) is 0 Å². The van der Waals surface area contributed by atoms with Crippen molar-refractivity contribution in [3.63, 3.8) is 0 Å². The van der Waals surface area contributed by atoms with Crippen LogP contribution in [0.15, 0.2) is 54.6 Å². The molecule has 5 heteroatoms. The van der Waals surface area contributed by atoms with Crippen molar-refractivity contribution in [1.82, 2.24) is 5.32 Å². The summed E-state index contributed by atoms with van der Waals surface area (Å²) in [5, 5.41) is 4.76. The van der Waals surface area contributed by atoms with Gasteiger partial charge in [-0.2, -0.15) is 0 Å². The van der Waals surface area contributed by atoms with Crippen molar-refractivity contribution in [3.8, 4) is 0 Å². The lowest BCUT2D eigenvalue weighted by molar-refractivity contribution is -0.136. The Labute approximate surface area is 128 Å². The molecule has 0 aliphatic heterocycles. The van der Waals surface area contributed by atoms with Crippen molar-refractivity contribution < 1.29 is 14.0 Å². The number of anilines is 1. The Bertz CT molecular complexity index is 644. The van der Waals surface area contributed by atoms with Crippen LogP contribution in [0.2, 0.25) is 0 Å². The van der Waals surface area contributed by atoms with Crippen LogP contribution in [-0.4, -0.2) is 18.4 Å². The van der Waals surface area contributed by atoms with E-state index in [0.717, 1.165) is 12.8 Å². The number of benzene rings is 2. The Balaban J connectivity index is 1.73. The molecule has 114 valence electrons. The summed E-state index contributed by atoms with van der Waals surface area (Å²) in [6.07, 6.45) is 1.54. The molecule has 0 aliphatic carbocycles. The normalized spacial score (nSPS) is 10.0. The Morgan fingerprint density at radius 3 is 2.32 bits per heavy atom. The van der Waals surface area contributed by atoms with Gasteiger partial charge in [-0.1, -0.05) is 42.5 Å². The van der Waals surface area contributed by atoms with E-state index in [-0.39, 0.29) is 5.69 Å². The number of halogens is 1. The standard InChI is InChI=1S/C17H17FN2O2/c18-14-10-4-5-11-15(14)20-17(22)16(21)19-12-6-9-13-7-2-1-3-8-13/h1-5,7-8,10-11H,6,9,12H2,(H,19,21)(H,20,22). The third-order valence-electron chi connectivity index (χ3n) is 3.10. The van der Waals surface area contributed by atoms with E-state index in [9.17, 15) is 14.0 Å². The van der Waals surface area contributed by atoms with Crippen LogP contribution in [0.5, 0.6) is 0 Å². The lowest BCUT2D eigenvalue weighted by Gasteiger charge is -2.07. The lowest BCUT2D eigenvalue weighted by Crippen LogP contribution is -2.36. The minimum atomic E-state index is -0.871. The quantitative estimate of drug-likeness (QED) is 0.658.